The lowest BCUT2D eigenvalue weighted by Crippen LogP contribution is -2.56. The Kier molecular flexibility index (Phi) is 6.80. The van der Waals surface area contributed by atoms with Crippen molar-refractivity contribution in [1.82, 2.24) is 20.4 Å². The van der Waals surface area contributed by atoms with Crippen LogP contribution in [0.5, 0.6) is 0 Å². The molecule has 0 aromatic rings. The van der Waals surface area contributed by atoms with E-state index in [0.717, 1.165) is 0 Å². The number of hydrogen-bond acceptors (Lipinski definition) is 5. The predicted octanol–water partition coefficient (Wildman–Crippen LogP) is 0.773. The molecule has 1 rings (SSSR count). The Morgan fingerprint density at radius 2 is 1.87 bits per heavy atom. The molecule has 23 heavy (non-hydrogen) atoms. The molecule has 2 N–H and O–H groups in total. The summed E-state index contributed by atoms with van der Waals surface area (Å²) in [7, 11) is 0. The number of imide groups is 1. The predicted molar refractivity (Wildman–Crippen MR) is 86.1 cm³/mol. The first-order chi connectivity index (χ1) is 10.6. The summed E-state index contributed by atoms with van der Waals surface area (Å²) in [6, 6.07) is -0.478. The molecule has 0 aliphatic carbocycles. The maximum absolute atomic E-state index is 12.1. The Labute approximate surface area is 137 Å². The Bertz CT molecular complexity index is 447. The first-order valence-corrected chi connectivity index (χ1v) is 7.92. The van der Waals surface area contributed by atoms with E-state index in [2.05, 4.69) is 10.6 Å². The number of carbonyl (C=O) groups is 3. The molecule has 0 unspecified atom stereocenters. The van der Waals surface area contributed by atoms with E-state index in [1.165, 1.54) is 0 Å². The molecule has 0 bridgehead atoms. The monoisotopic (exact) mass is 328 g/mol. The van der Waals surface area contributed by atoms with Crippen molar-refractivity contribution in [3.8, 4) is 0 Å². The number of ether oxygens (including phenoxy) is 1. The van der Waals surface area contributed by atoms with Crippen LogP contribution in [0, 0.1) is 0 Å². The number of piperazine rings is 1. The number of urea groups is 1. The van der Waals surface area contributed by atoms with Gasteiger partial charge in [0, 0.05) is 32.2 Å². The van der Waals surface area contributed by atoms with Gasteiger partial charge in [0.2, 0.25) is 5.91 Å². The second-order valence-electron chi connectivity index (χ2n) is 6.65. The third-order valence-electron chi connectivity index (χ3n) is 3.35. The summed E-state index contributed by atoms with van der Waals surface area (Å²) in [5.41, 5.74) is -0.524. The summed E-state index contributed by atoms with van der Waals surface area (Å²) in [4.78, 5) is 38.8. The summed E-state index contributed by atoms with van der Waals surface area (Å²) in [5.74, 6) is -0.353. The van der Waals surface area contributed by atoms with Crippen LogP contribution >= 0.6 is 0 Å². The molecule has 1 aliphatic heterocycles. The SMILES string of the molecule is CCNC(=O)NC(=O)CN1CCN(C(=O)OC(C)(C)C)C[C@H]1C. The number of rotatable bonds is 3. The highest BCUT2D eigenvalue weighted by atomic mass is 16.6. The van der Waals surface area contributed by atoms with Gasteiger partial charge in [-0.1, -0.05) is 0 Å². The average molecular weight is 328 g/mol. The number of amides is 4. The van der Waals surface area contributed by atoms with E-state index in [4.69, 9.17) is 4.74 Å². The van der Waals surface area contributed by atoms with Crippen molar-refractivity contribution in [2.75, 3.05) is 32.7 Å². The Balaban J connectivity index is 2.45. The van der Waals surface area contributed by atoms with Crippen LogP contribution in [0.25, 0.3) is 0 Å². The zero-order chi connectivity index (χ0) is 17.6. The molecule has 1 saturated heterocycles. The molecule has 132 valence electrons. The van der Waals surface area contributed by atoms with E-state index >= 15 is 0 Å². The Hall–Kier alpha value is -1.83. The maximum atomic E-state index is 12.1. The molecule has 1 fully saturated rings. The van der Waals surface area contributed by atoms with Crippen LogP contribution in [0.15, 0.2) is 0 Å². The topological polar surface area (TPSA) is 91.0 Å². The molecular formula is C15H28N4O4. The average Bonchev–Trinajstić information content (AvgIpc) is 2.39. The number of carbonyl (C=O) groups excluding carboxylic acids is 3. The van der Waals surface area contributed by atoms with Gasteiger partial charge in [-0.15, -0.1) is 0 Å². The fraction of sp³-hybridized carbons (Fsp3) is 0.800. The second kappa shape index (κ2) is 8.14. The van der Waals surface area contributed by atoms with Crippen molar-refractivity contribution in [2.45, 2.75) is 46.3 Å². The Morgan fingerprint density at radius 1 is 1.22 bits per heavy atom. The standard InChI is InChI=1S/C15H28N4O4/c1-6-16-13(21)17-12(20)10-18-7-8-19(9-11(18)2)14(22)23-15(3,4)5/h11H,6-10H2,1-5H3,(H2,16,17,20,21)/t11-/m1/s1. The lowest BCUT2D eigenvalue weighted by atomic mass is 10.2. The van der Waals surface area contributed by atoms with Crippen molar-refractivity contribution in [3.63, 3.8) is 0 Å². The highest BCUT2D eigenvalue weighted by Gasteiger charge is 2.30. The van der Waals surface area contributed by atoms with Gasteiger partial charge in [-0.05, 0) is 34.6 Å². The zero-order valence-electron chi connectivity index (χ0n) is 14.6. The van der Waals surface area contributed by atoms with Crippen molar-refractivity contribution >= 4 is 18.0 Å². The van der Waals surface area contributed by atoms with Crippen LogP contribution in [0.2, 0.25) is 0 Å². The molecule has 0 saturated carbocycles. The molecule has 0 aromatic carbocycles. The van der Waals surface area contributed by atoms with E-state index in [1.807, 2.05) is 32.6 Å². The molecule has 1 heterocycles. The van der Waals surface area contributed by atoms with Gasteiger partial charge in [-0.2, -0.15) is 0 Å². The third kappa shape index (κ3) is 6.85. The first kappa shape index (κ1) is 19.2. The molecule has 4 amide bonds. The molecule has 0 spiro atoms. The van der Waals surface area contributed by atoms with Crippen molar-refractivity contribution in [2.24, 2.45) is 0 Å². The quantitative estimate of drug-likeness (QED) is 0.799. The molecule has 0 aromatic heterocycles. The van der Waals surface area contributed by atoms with Gasteiger partial charge in [-0.25, -0.2) is 9.59 Å². The van der Waals surface area contributed by atoms with Crippen LogP contribution in [0.3, 0.4) is 0 Å². The van der Waals surface area contributed by atoms with E-state index in [1.54, 1.807) is 11.8 Å². The highest BCUT2D eigenvalue weighted by molar-refractivity contribution is 5.95. The van der Waals surface area contributed by atoms with Gasteiger partial charge in [-0.3, -0.25) is 15.0 Å². The van der Waals surface area contributed by atoms with Crippen LogP contribution in [-0.2, 0) is 9.53 Å². The largest absolute Gasteiger partial charge is 0.444 e. The van der Waals surface area contributed by atoms with E-state index in [0.29, 0.717) is 26.2 Å². The number of hydrogen-bond donors (Lipinski definition) is 2. The number of nitrogens with one attached hydrogen (secondary N) is 2. The molecular weight excluding hydrogens is 300 g/mol. The van der Waals surface area contributed by atoms with E-state index < -0.39 is 11.6 Å². The molecule has 8 nitrogen and oxygen atoms in total. The van der Waals surface area contributed by atoms with Crippen LogP contribution in [0.1, 0.15) is 34.6 Å². The lowest BCUT2D eigenvalue weighted by molar-refractivity contribution is -0.122. The minimum atomic E-state index is -0.524. The summed E-state index contributed by atoms with van der Waals surface area (Å²) in [6.45, 7) is 11.3. The zero-order valence-corrected chi connectivity index (χ0v) is 14.6. The fourth-order valence-corrected chi connectivity index (χ4v) is 2.28. The summed E-state index contributed by atoms with van der Waals surface area (Å²) >= 11 is 0. The van der Waals surface area contributed by atoms with Crippen molar-refractivity contribution in [1.29, 1.82) is 0 Å². The van der Waals surface area contributed by atoms with E-state index in [9.17, 15) is 14.4 Å². The van der Waals surface area contributed by atoms with Gasteiger partial charge in [0.25, 0.3) is 0 Å². The molecule has 1 aliphatic rings. The Morgan fingerprint density at radius 3 is 2.39 bits per heavy atom. The minimum Gasteiger partial charge on any atom is -0.444 e. The minimum absolute atomic E-state index is 0.0104. The van der Waals surface area contributed by atoms with Crippen molar-refractivity contribution < 1.29 is 19.1 Å². The smallest absolute Gasteiger partial charge is 0.410 e. The van der Waals surface area contributed by atoms with Gasteiger partial charge in [0.1, 0.15) is 5.60 Å². The normalized spacial score (nSPS) is 19.2. The summed E-state index contributed by atoms with van der Waals surface area (Å²) < 4.78 is 5.36. The molecule has 0 radical (unpaired) electrons. The number of nitrogens with zero attached hydrogens (tertiary/aromatic N) is 2. The van der Waals surface area contributed by atoms with Crippen LogP contribution < -0.4 is 10.6 Å². The van der Waals surface area contributed by atoms with Gasteiger partial charge >= 0.3 is 12.1 Å². The van der Waals surface area contributed by atoms with Crippen molar-refractivity contribution in [3.05, 3.63) is 0 Å². The lowest BCUT2D eigenvalue weighted by Gasteiger charge is -2.39. The third-order valence-corrected chi connectivity index (χ3v) is 3.35. The van der Waals surface area contributed by atoms with Gasteiger partial charge < -0.3 is 15.0 Å². The van der Waals surface area contributed by atoms with E-state index in [-0.39, 0.29) is 24.6 Å². The van der Waals surface area contributed by atoms with Crippen LogP contribution in [-0.4, -0.2) is 72.2 Å². The molecule has 8 heteroatoms. The first-order valence-electron chi connectivity index (χ1n) is 7.92. The van der Waals surface area contributed by atoms with Gasteiger partial charge in [0.15, 0.2) is 0 Å². The van der Waals surface area contributed by atoms with Gasteiger partial charge in [0.05, 0.1) is 6.54 Å². The summed E-state index contributed by atoms with van der Waals surface area (Å²) in [6.07, 6.45) is -0.337. The maximum Gasteiger partial charge on any atom is 0.410 e. The molecule has 1 atom stereocenters. The second-order valence-corrected chi connectivity index (χ2v) is 6.65. The summed E-state index contributed by atoms with van der Waals surface area (Å²) in [5, 5.41) is 4.79. The highest BCUT2D eigenvalue weighted by Crippen LogP contribution is 2.14. The fourth-order valence-electron chi connectivity index (χ4n) is 2.28. The van der Waals surface area contributed by atoms with Crippen LogP contribution in [0.4, 0.5) is 9.59 Å².